The van der Waals surface area contributed by atoms with Gasteiger partial charge >= 0.3 is 5.97 Å². The Morgan fingerprint density at radius 2 is 2.00 bits per heavy atom. The Balaban J connectivity index is 2.54. The maximum Gasteiger partial charge on any atom is 0.325 e. The van der Waals surface area contributed by atoms with Crippen LogP contribution < -0.4 is 0 Å². The van der Waals surface area contributed by atoms with E-state index in [1.807, 2.05) is 18.2 Å². The van der Waals surface area contributed by atoms with E-state index in [9.17, 15) is 14.9 Å². The lowest BCUT2D eigenvalue weighted by Crippen LogP contribution is -2.47. The van der Waals surface area contributed by atoms with Gasteiger partial charge in [-0.1, -0.05) is 30.8 Å². The Morgan fingerprint density at radius 1 is 1.36 bits per heavy atom. The molecule has 2 rings (SSSR count). The van der Waals surface area contributed by atoms with Crippen LogP contribution in [0.4, 0.5) is 0 Å². The Bertz CT molecular complexity index is 691. The molecule has 1 aromatic rings. The van der Waals surface area contributed by atoms with Crippen LogP contribution in [0.2, 0.25) is 0 Å². The van der Waals surface area contributed by atoms with Gasteiger partial charge in [-0.05, 0) is 39.2 Å². The summed E-state index contributed by atoms with van der Waals surface area (Å²) in [4.78, 5) is 25.7. The molecule has 0 amide bonds. The standard InChI is InChI=1S/C18H19NO3/c1-12(11-19)18(16(21)22-17(2,3)4)10-9-13-7-5-6-8-14(13)15(18)20/h5-8H,1,9-10H2,2-4H3/t18-/m0/s1. The number of nitriles is 1. The zero-order chi connectivity index (χ0) is 16.5. The molecule has 1 aliphatic rings. The van der Waals surface area contributed by atoms with E-state index in [-0.39, 0.29) is 12.0 Å². The van der Waals surface area contributed by atoms with Crippen molar-refractivity contribution in [3.05, 3.63) is 47.5 Å². The van der Waals surface area contributed by atoms with Crippen molar-refractivity contribution in [3.63, 3.8) is 0 Å². The second-order valence-electron chi connectivity index (χ2n) is 6.48. The molecule has 0 bridgehead atoms. The van der Waals surface area contributed by atoms with Gasteiger partial charge in [0.1, 0.15) is 5.60 Å². The van der Waals surface area contributed by atoms with Crippen molar-refractivity contribution in [3.8, 4) is 6.07 Å². The second kappa shape index (κ2) is 5.42. The molecule has 0 unspecified atom stereocenters. The summed E-state index contributed by atoms with van der Waals surface area (Å²) < 4.78 is 5.42. The number of nitrogens with zero attached hydrogens (tertiary/aromatic N) is 1. The lowest BCUT2D eigenvalue weighted by atomic mass is 9.66. The summed E-state index contributed by atoms with van der Waals surface area (Å²) in [6, 6.07) is 9.03. The first-order valence-corrected chi connectivity index (χ1v) is 7.18. The molecule has 4 heteroatoms. The third-order valence-corrected chi connectivity index (χ3v) is 3.82. The van der Waals surface area contributed by atoms with Crippen LogP contribution in [0, 0.1) is 16.7 Å². The zero-order valence-corrected chi connectivity index (χ0v) is 13.1. The van der Waals surface area contributed by atoms with Crippen molar-refractivity contribution in [1.82, 2.24) is 0 Å². The van der Waals surface area contributed by atoms with Gasteiger partial charge < -0.3 is 4.74 Å². The van der Waals surface area contributed by atoms with E-state index in [4.69, 9.17) is 4.74 Å². The summed E-state index contributed by atoms with van der Waals surface area (Å²) in [5.41, 5.74) is -1.04. The molecule has 1 aliphatic carbocycles. The predicted molar refractivity (Wildman–Crippen MR) is 82.1 cm³/mol. The third-order valence-electron chi connectivity index (χ3n) is 3.82. The number of rotatable bonds is 2. The van der Waals surface area contributed by atoms with Crippen LogP contribution >= 0.6 is 0 Å². The van der Waals surface area contributed by atoms with E-state index in [1.165, 1.54) is 0 Å². The number of carbonyl (C=O) groups excluding carboxylic acids is 2. The van der Waals surface area contributed by atoms with Crippen molar-refractivity contribution in [2.75, 3.05) is 0 Å². The maximum atomic E-state index is 13.0. The number of aryl methyl sites for hydroxylation is 1. The highest BCUT2D eigenvalue weighted by molar-refractivity contribution is 6.17. The SMILES string of the molecule is C=C(C#N)[C@@]1(C(=O)OC(C)(C)C)CCc2ccccc2C1=O. The first-order chi connectivity index (χ1) is 10.2. The summed E-state index contributed by atoms with van der Waals surface area (Å²) in [6.07, 6.45) is 0.742. The van der Waals surface area contributed by atoms with E-state index >= 15 is 0 Å². The minimum Gasteiger partial charge on any atom is -0.459 e. The van der Waals surface area contributed by atoms with Crippen LogP contribution in [-0.4, -0.2) is 17.4 Å². The lowest BCUT2D eigenvalue weighted by Gasteiger charge is -2.35. The average Bonchev–Trinajstić information content (AvgIpc) is 2.45. The van der Waals surface area contributed by atoms with Crippen LogP contribution in [-0.2, 0) is 16.0 Å². The Kier molecular flexibility index (Phi) is 3.93. The molecule has 1 atom stereocenters. The number of ether oxygens (including phenoxy) is 1. The Morgan fingerprint density at radius 3 is 2.59 bits per heavy atom. The Labute approximate surface area is 130 Å². The van der Waals surface area contributed by atoms with E-state index in [2.05, 4.69) is 6.58 Å². The lowest BCUT2D eigenvalue weighted by molar-refractivity contribution is -0.162. The average molecular weight is 297 g/mol. The normalized spacial score (nSPS) is 20.7. The zero-order valence-electron chi connectivity index (χ0n) is 13.1. The molecule has 0 saturated carbocycles. The fourth-order valence-electron chi connectivity index (χ4n) is 2.69. The van der Waals surface area contributed by atoms with E-state index in [1.54, 1.807) is 32.9 Å². The van der Waals surface area contributed by atoms with Crippen LogP contribution in [0.3, 0.4) is 0 Å². The van der Waals surface area contributed by atoms with Gasteiger partial charge in [0.15, 0.2) is 11.2 Å². The second-order valence-corrected chi connectivity index (χ2v) is 6.48. The Hall–Kier alpha value is -2.41. The molecule has 1 aromatic carbocycles. The van der Waals surface area contributed by atoms with Crippen LogP contribution in [0.1, 0.15) is 43.1 Å². The van der Waals surface area contributed by atoms with Crippen molar-refractivity contribution in [2.24, 2.45) is 5.41 Å². The fraction of sp³-hybridized carbons (Fsp3) is 0.389. The van der Waals surface area contributed by atoms with Crippen LogP contribution in [0.15, 0.2) is 36.4 Å². The molecule has 0 radical (unpaired) electrons. The molecule has 0 spiro atoms. The van der Waals surface area contributed by atoms with Crippen LogP contribution in [0.5, 0.6) is 0 Å². The van der Waals surface area contributed by atoms with Gasteiger partial charge in [-0.3, -0.25) is 9.59 Å². The number of benzene rings is 1. The summed E-state index contributed by atoms with van der Waals surface area (Å²) >= 11 is 0. The highest BCUT2D eigenvalue weighted by atomic mass is 16.6. The highest BCUT2D eigenvalue weighted by Crippen LogP contribution is 2.42. The molecule has 0 aromatic heterocycles. The van der Waals surface area contributed by atoms with Gasteiger partial charge in [0.2, 0.25) is 0 Å². The number of esters is 1. The molecule has 0 N–H and O–H groups in total. The molecular formula is C18H19NO3. The molecule has 22 heavy (non-hydrogen) atoms. The minimum absolute atomic E-state index is 0.0544. The van der Waals surface area contributed by atoms with Gasteiger partial charge in [0, 0.05) is 11.1 Å². The summed E-state index contributed by atoms with van der Waals surface area (Å²) in [6.45, 7) is 8.85. The van der Waals surface area contributed by atoms with Crippen molar-refractivity contribution >= 4 is 11.8 Å². The first kappa shape index (κ1) is 16.0. The van der Waals surface area contributed by atoms with Crippen molar-refractivity contribution in [2.45, 2.75) is 39.2 Å². The monoisotopic (exact) mass is 297 g/mol. The van der Waals surface area contributed by atoms with Gasteiger partial charge in [-0.2, -0.15) is 5.26 Å². The van der Waals surface area contributed by atoms with Gasteiger partial charge in [-0.25, -0.2) is 0 Å². The number of hydrogen-bond donors (Lipinski definition) is 0. The van der Waals surface area contributed by atoms with Crippen LogP contribution in [0.25, 0.3) is 0 Å². The third kappa shape index (κ3) is 2.55. The molecule has 0 fully saturated rings. The van der Waals surface area contributed by atoms with Gasteiger partial charge in [-0.15, -0.1) is 0 Å². The van der Waals surface area contributed by atoms with E-state index in [0.29, 0.717) is 12.0 Å². The highest BCUT2D eigenvalue weighted by Gasteiger charge is 2.53. The largest absolute Gasteiger partial charge is 0.459 e. The maximum absolute atomic E-state index is 13.0. The molecular weight excluding hydrogens is 278 g/mol. The quantitative estimate of drug-likeness (QED) is 0.477. The first-order valence-electron chi connectivity index (χ1n) is 7.18. The number of ketones is 1. The van der Waals surface area contributed by atoms with Gasteiger partial charge in [0.25, 0.3) is 0 Å². The summed E-state index contributed by atoms with van der Waals surface area (Å²) in [5.74, 6) is -1.08. The number of carbonyl (C=O) groups is 2. The van der Waals surface area contributed by atoms with E-state index < -0.39 is 22.8 Å². The van der Waals surface area contributed by atoms with Gasteiger partial charge in [0.05, 0.1) is 6.07 Å². The fourth-order valence-corrected chi connectivity index (χ4v) is 2.69. The smallest absolute Gasteiger partial charge is 0.325 e. The molecule has 0 saturated heterocycles. The summed E-state index contributed by atoms with van der Waals surface area (Å²) in [5, 5.41) is 9.26. The topological polar surface area (TPSA) is 67.2 Å². The molecule has 0 aliphatic heterocycles. The minimum atomic E-state index is -1.60. The van der Waals surface area contributed by atoms with Crippen molar-refractivity contribution in [1.29, 1.82) is 5.26 Å². The van der Waals surface area contributed by atoms with E-state index in [0.717, 1.165) is 5.56 Å². The molecule has 0 heterocycles. The predicted octanol–water partition coefficient (Wildman–Crippen LogP) is 3.22. The molecule has 114 valence electrons. The number of Topliss-reactive ketones (excluding diaryl/α,β-unsaturated/α-hetero) is 1. The number of hydrogen-bond acceptors (Lipinski definition) is 4. The summed E-state index contributed by atoms with van der Waals surface area (Å²) in [7, 11) is 0. The molecule has 4 nitrogen and oxygen atoms in total. The van der Waals surface area contributed by atoms with Crippen molar-refractivity contribution < 1.29 is 14.3 Å². The number of fused-ring (bicyclic) bond motifs is 1.